The average Bonchev–Trinajstić information content (AvgIpc) is 3.28. The van der Waals surface area contributed by atoms with Gasteiger partial charge < -0.3 is 19.7 Å². The lowest BCUT2D eigenvalue weighted by Crippen LogP contribution is -2.38. The number of pyridine rings is 1. The van der Waals surface area contributed by atoms with Crippen molar-refractivity contribution in [2.24, 2.45) is 0 Å². The van der Waals surface area contributed by atoms with Gasteiger partial charge in [-0.2, -0.15) is 0 Å². The van der Waals surface area contributed by atoms with Gasteiger partial charge in [-0.1, -0.05) is 13.0 Å². The molecule has 1 aliphatic rings. The first-order valence-corrected chi connectivity index (χ1v) is 12.3. The van der Waals surface area contributed by atoms with Crippen molar-refractivity contribution in [3.63, 3.8) is 0 Å². The number of aryl methyl sites for hydroxylation is 2. The summed E-state index contributed by atoms with van der Waals surface area (Å²) >= 11 is 0. The molecule has 0 aliphatic carbocycles. The second-order valence-electron chi connectivity index (χ2n) is 8.68. The summed E-state index contributed by atoms with van der Waals surface area (Å²) in [6, 6.07) is 11.7. The predicted octanol–water partition coefficient (Wildman–Crippen LogP) is 3.91. The third-order valence-corrected chi connectivity index (χ3v) is 6.52. The fourth-order valence-corrected chi connectivity index (χ4v) is 4.72. The first-order chi connectivity index (χ1) is 17.0. The first kappa shape index (κ1) is 24.7. The fourth-order valence-electron chi connectivity index (χ4n) is 4.72. The summed E-state index contributed by atoms with van der Waals surface area (Å²) in [7, 11) is 1.65. The smallest absolute Gasteiger partial charge is 0.277 e. The Morgan fingerprint density at radius 2 is 1.97 bits per heavy atom. The lowest BCUT2D eigenvalue weighted by Gasteiger charge is -2.23. The van der Waals surface area contributed by atoms with Crippen molar-refractivity contribution < 1.29 is 9.47 Å². The summed E-state index contributed by atoms with van der Waals surface area (Å²) in [6.07, 6.45) is 2.37. The molecule has 0 radical (unpaired) electrons. The average molecular weight is 478 g/mol. The zero-order chi connectivity index (χ0) is 24.9. The molecule has 1 saturated heterocycles. The molecule has 0 bridgehead atoms. The van der Waals surface area contributed by atoms with Gasteiger partial charge in [0.15, 0.2) is 0 Å². The van der Waals surface area contributed by atoms with Gasteiger partial charge in [0, 0.05) is 38.0 Å². The number of nitrogens with zero attached hydrogens (tertiary/aromatic N) is 4. The Labute approximate surface area is 206 Å². The zero-order valence-electron chi connectivity index (χ0n) is 21.2. The van der Waals surface area contributed by atoms with Crippen molar-refractivity contribution in [1.29, 1.82) is 0 Å². The minimum absolute atomic E-state index is 0.0592. The molecule has 8 heteroatoms. The number of benzene rings is 1. The van der Waals surface area contributed by atoms with E-state index in [4.69, 9.17) is 14.5 Å². The second kappa shape index (κ2) is 10.9. The van der Waals surface area contributed by atoms with Crippen LogP contribution in [0.25, 0.3) is 11.4 Å². The van der Waals surface area contributed by atoms with Gasteiger partial charge in [-0.25, -0.2) is 9.97 Å². The van der Waals surface area contributed by atoms with E-state index in [-0.39, 0.29) is 17.7 Å². The summed E-state index contributed by atoms with van der Waals surface area (Å²) in [6.45, 7) is 10.5. The van der Waals surface area contributed by atoms with Gasteiger partial charge in [0.05, 0.1) is 24.9 Å². The highest BCUT2D eigenvalue weighted by Crippen LogP contribution is 2.28. The molecule has 1 aromatic carbocycles. The number of anilines is 2. The maximum absolute atomic E-state index is 13.8. The van der Waals surface area contributed by atoms with E-state index in [1.165, 1.54) is 0 Å². The van der Waals surface area contributed by atoms with E-state index >= 15 is 0 Å². The van der Waals surface area contributed by atoms with Crippen molar-refractivity contribution in [2.75, 3.05) is 37.0 Å². The summed E-state index contributed by atoms with van der Waals surface area (Å²) in [5.41, 5.74) is 3.20. The Morgan fingerprint density at radius 1 is 1.14 bits per heavy atom. The van der Waals surface area contributed by atoms with Crippen LogP contribution in [0.3, 0.4) is 0 Å². The van der Waals surface area contributed by atoms with Gasteiger partial charge >= 0.3 is 0 Å². The van der Waals surface area contributed by atoms with Crippen molar-refractivity contribution in [3.8, 4) is 17.1 Å². The zero-order valence-corrected chi connectivity index (χ0v) is 21.2. The standard InChI is InChI=1S/C27H35N5O3/c1-6-21-25(29-22-16-31(17-23(22)35-8-3)24-11-9-10-14-28-24)27(33)32(7-2)26(30-21)20-13-12-19(34-5)15-18(20)4/h9-15,22-23,29H,6-8,16-17H2,1-5H3/t22-,23+/m1/s1. The molecule has 1 fully saturated rings. The minimum atomic E-state index is -0.0651. The number of nitrogens with one attached hydrogen (secondary N) is 1. The van der Waals surface area contributed by atoms with Gasteiger partial charge in [0.1, 0.15) is 23.1 Å². The number of rotatable bonds is 9. The SMILES string of the molecule is CCO[C@H]1CN(c2ccccn2)C[C@H]1Nc1c(CC)nc(-c2ccc(OC)cc2C)n(CC)c1=O. The lowest BCUT2D eigenvalue weighted by atomic mass is 10.1. The lowest BCUT2D eigenvalue weighted by molar-refractivity contribution is 0.0719. The fraction of sp³-hybridized carbons (Fsp3) is 0.444. The topological polar surface area (TPSA) is 81.5 Å². The molecule has 2 atom stereocenters. The van der Waals surface area contributed by atoms with Crippen molar-refractivity contribution in [1.82, 2.24) is 14.5 Å². The highest BCUT2D eigenvalue weighted by atomic mass is 16.5. The number of methoxy groups -OCH3 is 1. The van der Waals surface area contributed by atoms with E-state index in [2.05, 4.69) is 15.2 Å². The van der Waals surface area contributed by atoms with Gasteiger partial charge in [-0.15, -0.1) is 0 Å². The molecule has 0 saturated carbocycles. The highest BCUT2D eigenvalue weighted by molar-refractivity contribution is 5.64. The number of hydrogen-bond acceptors (Lipinski definition) is 7. The number of ether oxygens (including phenoxy) is 2. The molecule has 1 N–H and O–H groups in total. The van der Waals surface area contributed by atoms with Gasteiger partial charge in [0.2, 0.25) is 0 Å². The summed E-state index contributed by atoms with van der Waals surface area (Å²) in [4.78, 5) is 25.5. The molecule has 4 rings (SSSR count). The van der Waals surface area contributed by atoms with Crippen LogP contribution in [0.1, 0.15) is 32.0 Å². The highest BCUT2D eigenvalue weighted by Gasteiger charge is 2.35. The van der Waals surface area contributed by atoms with E-state index in [0.29, 0.717) is 44.2 Å². The molecular formula is C27H35N5O3. The summed E-state index contributed by atoms with van der Waals surface area (Å²) < 4.78 is 13.2. The molecule has 3 aromatic rings. The van der Waals surface area contributed by atoms with E-state index in [9.17, 15) is 4.79 Å². The van der Waals surface area contributed by atoms with Crippen LogP contribution in [-0.2, 0) is 17.7 Å². The predicted molar refractivity (Wildman–Crippen MR) is 140 cm³/mol. The molecule has 1 aliphatic heterocycles. The third kappa shape index (κ3) is 5.03. The van der Waals surface area contributed by atoms with Crippen molar-refractivity contribution in [3.05, 3.63) is 64.2 Å². The third-order valence-electron chi connectivity index (χ3n) is 6.52. The maximum Gasteiger partial charge on any atom is 0.277 e. The quantitative estimate of drug-likeness (QED) is 0.500. The van der Waals surface area contributed by atoms with Crippen molar-refractivity contribution in [2.45, 2.75) is 52.8 Å². The molecule has 3 heterocycles. The number of hydrogen-bond donors (Lipinski definition) is 1. The monoisotopic (exact) mass is 477 g/mol. The van der Waals surface area contributed by atoms with Crippen LogP contribution in [-0.4, -0.2) is 53.5 Å². The van der Waals surface area contributed by atoms with E-state index in [0.717, 1.165) is 28.4 Å². The molecule has 35 heavy (non-hydrogen) atoms. The van der Waals surface area contributed by atoms with Gasteiger partial charge in [-0.05, 0) is 63.1 Å². The van der Waals surface area contributed by atoms with Crippen LogP contribution >= 0.6 is 0 Å². The normalized spacial score (nSPS) is 17.6. The minimum Gasteiger partial charge on any atom is -0.497 e. The van der Waals surface area contributed by atoms with Crippen LogP contribution in [0.15, 0.2) is 47.4 Å². The molecule has 0 unspecified atom stereocenters. The molecule has 0 amide bonds. The summed E-state index contributed by atoms with van der Waals surface area (Å²) in [5.74, 6) is 2.38. The van der Waals surface area contributed by atoms with Gasteiger partial charge in [0.25, 0.3) is 5.56 Å². The Balaban J connectivity index is 1.71. The van der Waals surface area contributed by atoms with Crippen LogP contribution in [0.5, 0.6) is 5.75 Å². The Bertz CT molecular complexity index is 1210. The largest absolute Gasteiger partial charge is 0.497 e. The molecule has 186 valence electrons. The van der Waals surface area contributed by atoms with E-state index in [1.807, 2.05) is 64.1 Å². The van der Waals surface area contributed by atoms with Crippen LogP contribution in [0.4, 0.5) is 11.5 Å². The van der Waals surface area contributed by atoms with Crippen LogP contribution < -0.4 is 20.5 Å². The van der Waals surface area contributed by atoms with Crippen molar-refractivity contribution >= 4 is 11.5 Å². The van der Waals surface area contributed by atoms with Crippen LogP contribution in [0, 0.1) is 6.92 Å². The molecule has 2 aromatic heterocycles. The molecule has 0 spiro atoms. The van der Waals surface area contributed by atoms with E-state index < -0.39 is 0 Å². The Hall–Kier alpha value is -3.39. The first-order valence-electron chi connectivity index (χ1n) is 12.3. The Morgan fingerprint density at radius 3 is 2.60 bits per heavy atom. The molecular weight excluding hydrogens is 442 g/mol. The van der Waals surface area contributed by atoms with E-state index in [1.54, 1.807) is 17.9 Å². The Kier molecular flexibility index (Phi) is 7.70. The molecule has 8 nitrogen and oxygen atoms in total. The second-order valence-corrected chi connectivity index (χ2v) is 8.68. The van der Waals surface area contributed by atoms with Crippen LogP contribution in [0.2, 0.25) is 0 Å². The maximum atomic E-state index is 13.8. The summed E-state index contributed by atoms with van der Waals surface area (Å²) in [5, 5.41) is 3.54. The number of aromatic nitrogens is 3. The van der Waals surface area contributed by atoms with Gasteiger partial charge in [-0.3, -0.25) is 9.36 Å².